The fourth-order valence-corrected chi connectivity index (χ4v) is 3.11. The van der Waals surface area contributed by atoms with Crippen LogP contribution in [0.25, 0.3) is 0 Å². The first-order valence-corrected chi connectivity index (χ1v) is 6.38. The zero-order valence-electron chi connectivity index (χ0n) is 8.20. The lowest BCUT2D eigenvalue weighted by Gasteiger charge is -1.95. The molecular weight excluding hydrogens is 250 g/mol. The Morgan fingerprint density at radius 2 is 2.20 bits per heavy atom. The van der Waals surface area contributed by atoms with Gasteiger partial charge in [-0.3, -0.25) is 4.79 Å². The molecule has 2 heterocycles. The van der Waals surface area contributed by atoms with Crippen LogP contribution < -0.4 is 0 Å². The van der Waals surface area contributed by atoms with Crippen LogP contribution in [0, 0.1) is 13.8 Å². The van der Waals surface area contributed by atoms with Crippen molar-refractivity contribution in [2.75, 3.05) is 0 Å². The lowest BCUT2D eigenvalue weighted by atomic mass is 10.2. The monoisotopic (exact) mass is 257 g/mol. The quantitative estimate of drug-likeness (QED) is 0.768. The highest BCUT2D eigenvalue weighted by atomic mass is 35.5. The first-order valence-electron chi connectivity index (χ1n) is 4.31. The Labute approximate surface area is 101 Å². The number of hydrogen-bond donors (Lipinski definition) is 0. The van der Waals surface area contributed by atoms with Crippen molar-refractivity contribution in [3.8, 4) is 0 Å². The topological polar surface area (TPSA) is 30.0 Å². The summed E-state index contributed by atoms with van der Waals surface area (Å²) in [6, 6.07) is 1.75. The van der Waals surface area contributed by atoms with Gasteiger partial charge in [0, 0.05) is 0 Å². The molecule has 0 atom stereocenters. The summed E-state index contributed by atoms with van der Waals surface area (Å²) in [6.45, 7) is 3.74. The number of carbonyl (C=O) groups is 1. The van der Waals surface area contributed by atoms with E-state index in [1.165, 1.54) is 22.7 Å². The highest BCUT2D eigenvalue weighted by molar-refractivity contribution is 7.15. The molecule has 15 heavy (non-hydrogen) atoms. The van der Waals surface area contributed by atoms with Gasteiger partial charge in [-0.2, -0.15) is 0 Å². The number of hydrogen-bond acceptors (Lipinski definition) is 4. The third-order valence-corrected chi connectivity index (χ3v) is 4.21. The van der Waals surface area contributed by atoms with Crippen LogP contribution >= 0.6 is 34.3 Å². The molecule has 2 aromatic rings. The Bertz CT molecular complexity index is 515. The van der Waals surface area contributed by atoms with Crippen LogP contribution in [0.1, 0.15) is 25.9 Å². The zero-order chi connectivity index (χ0) is 11.0. The molecule has 5 heteroatoms. The highest BCUT2D eigenvalue weighted by Gasteiger charge is 2.18. The highest BCUT2D eigenvalue weighted by Crippen LogP contribution is 2.28. The first kappa shape index (κ1) is 10.8. The largest absolute Gasteiger partial charge is 0.288 e. The first-order chi connectivity index (χ1) is 7.09. The molecule has 0 N–H and O–H groups in total. The van der Waals surface area contributed by atoms with Gasteiger partial charge in [-0.1, -0.05) is 11.6 Å². The molecule has 0 amide bonds. The van der Waals surface area contributed by atoms with E-state index in [0.29, 0.717) is 14.8 Å². The SMILES string of the molecule is Cc1nc(C)c(C(=O)c2ccsc2Cl)s1. The van der Waals surface area contributed by atoms with Crippen LogP contribution in [0.4, 0.5) is 0 Å². The van der Waals surface area contributed by atoms with Crippen LogP contribution in [-0.4, -0.2) is 10.8 Å². The summed E-state index contributed by atoms with van der Waals surface area (Å²) < 4.78 is 0.547. The van der Waals surface area contributed by atoms with E-state index >= 15 is 0 Å². The van der Waals surface area contributed by atoms with Gasteiger partial charge in [0.1, 0.15) is 4.34 Å². The van der Waals surface area contributed by atoms with E-state index in [0.717, 1.165) is 10.7 Å². The van der Waals surface area contributed by atoms with Crippen molar-refractivity contribution >= 4 is 40.1 Å². The molecule has 0 saturated heterocycles. The fourth-order valence-electron chi connectivity index (χ4n) is 1.32. The number of thiazole rings is 1. The van der Waals surface area contributed by atoms with Crippen molar-refractivity contribution in [2.24, 2.45) is 0 Å². The van der Waals surface area contributed by atoms with Crippen LogP contribution in [-0.2, 0) is 0 Å². The number of aryl methyl sites for hydroxylation is 2. The number of rotatable bonds is 2. The lowest BCUT2D eigenvalue weighted by molar-refractivity contribution is 0.104. The van der Waals surface area contributed by atoms with E-state index in [4.69, 9.17) is 11.6 Å². The van der Waals surface area contributed by atoms with Crippen molar-refractivity contribution in [1.82, 2.24) is 4.98 Å². The fraction of sp³-hybridized carbons (Fsp3) is 0.200. The van der Waals surface area contributed by atoms with Crippen LogP contribution in [0.5, 0.6) is 0 Å². The Morgan fingerprint density at radius 3 is 2.67 bits per heavy atom. The predicted octanol–water partition coefficient (Wildman–Crippen LogP) is 3.71. The van der Waals surface area contributed by atoms with Gasteiger partial charge in [0.15, 0.2) is 0 Å². The molecule has 0 aromatic carbocycles. The van der Waals surface area contributed by atoms with Gasteiger partial charge in [-0.15, -0.1) is 22.7 Å². The third kappa shape index (κ3) is 1.97. The summed E-state index contributed by atoms with van der Waals surface area (Å²) in [5, 5.41) is 2.72. The van der Waals surface area contributed by atoms with Crippen molar-refractivity contribution < 1.29 is 4.79 Å². The van der Waals surface area contributed by atoms with E-state index in [1.54, 1.807) is 6.07 Å². The standard InChI is InChI=1S/C10H8ClNOS2/c1-5-9(15-6(2)12-5)8(13)7-3-4-14-10(7)11/h3-4H,1-2H3. The summed E-state index contributed by atoms with van der Waals surface area (Å²) in [6.07, 6.45) is 0. The Kier molecular flexibility index (Phi) is 2.91. The Hall–Kier alpha value is -0.710. The van der Waals surface area contributed by atoms with Crippen LogP contribution in [0.2, 0.25) is 4.34 Å². The van der Waals surface area contributed by atoms with Crippen LogP contribution in [0.3, 0.4) is 0 Å². The van der Waals surface area contributed by atoms with Gasteiger partial charge in [0.25, 0.3) is 0 Å². The molecule has 2 aromatic heterocycles. The molecule has 2 nitrogen and oxygen atoms in total. The maximum absolute atomic E-state index is 12.1. The third-order valence-electron chi connectivity index (χ3n) is 1.97. The van der Waals surface area contributed by atoms with Gasteiger partial charge >= 0.3 is 0 Å². The lowest BCUT2D eigenvalue weighted by Crippen LogP contribution is -1.99. The summed E-state index contributed by atoms with van der Waals surface area (Å²) in [5.74, 6) is -0.0237. The maximum Gasteiger partial charge on any atom is 0.207 e. The minimum absolute atomic E-state index is 0.0237. The molecule has 2 rings (SSSR count). The van der Waals surface area contributed by atoms with E-state index in [1.807, 2.05) is 19.2 Å². The molecule has 0 unspecified atom stereocenters. The van der Waals surface area contributed by atoms with Gasteiger partial charge in [-0.05, 0) is 25.3 Å². The normalized spacial score (nSPS) is 10.6. The zero-order valence-corrected chi connectivity index (χ0v) is 10.6. The molecule has 78 valence electrons. The van der Waals surface area contributed by atoms with Gasteiger partial charge < -0.3 is 0 Å². The maximum atomic E-state index is 12.1. The second-order valence-corrected chi connectivity index (χ2v) is 5.81. The summed E-state index contributed by atoms with van der Waals surface area (Å²) in [4.78, 5) is 17.0. The Morgan fingerprint density at radius 1 is 1.47 bits per heavy atom. The molecule has 0 spiro atoms. The summed E-state index contributed by atoms with van der Waals surface area (Å²) in [7, 11) is 0. The number of thiophene rings is 1. The predicted molar refractivity (Wildman–Crippen MR) is 64.3 cm³/mol. The number of nitrogens with zero attached hydrogens (tertiary/aromatic N) is 1. The molecule has 0 radical (unpaired) electrons. The van der Waals surface area contributed by atoms with Crippen LogP contribution in [0.15, 0.2) is 11.4 Å². The smallest absolute Gasteiger partial charge is 0.207 e. The van der Waals surface area contributed by atoms with Gasteiger partial charge in [0.2, 0.25) is 5.78 Å². The Balaban J connectivity index is 2.45. The summed E-state index contributed by atoms with van der Waals surface area (Å²) >= 11 is 8.71. The summed E-state index contributed by atoms with van der Waals surface area (Å²) in [5.41, 5.74) is 1.36. The number of aromatic nitrogens is 1. The molecule has 0 aliphatic heterocycles. The van der Waals surface area contributed by atoms with E-state index in [-0.39, 0.29) is 5.78 Å². The number of halogens is 1. The van der Waals surface area contributed by atoms with Crippen molar-refractivity contribution in [1.29, 1.82) is 0 Å². The number of carbonyl (C=O) groups excluding carboxylic acids is 1. The van der Waals surface area contributed by atoms with Crippen molar-refractivity contribution in [2.45, 2.75) is 13.8 Å². The minimum atomic E-state index is -0.0237. The average molecular weight is 258 g/mol. The van der Waals surface area contributed by atoms with Gasteiger partial charge in [0.05, 0.1) is 21.1 Å². The minimum Gasteiger partial charge on any atom is -0.288 e. The number of ketones is 1. The molecule has 0 saturated carbocycles. The molecule has 0 bridgehead atoms. The van der Waals surface area contributed by atoms with Gasteiger partial charge in [-0.25, -0.2) is 4.98 Å². The molecule has 0 aliphatic carbocycles. The van der Waals surface area contributed by atoms with E-state index < -0.39 is 0 Å². The van der Waals surface area contributed by atoms with E-state index in [9.17, 15) is 4.79 Å². The second kappa shape index (κ2) is 4.04. The molecule has 0 fully saturated rings. The molecular formula is C10H8ClNOS2. The van der Waals surface area contributed by atoms with Crippen molar-refractivity contribution in [3.05, 3.63) is 36.9 Å². The van der Waals surface area contributed by atoms with E-state index in [2.05, 4.69) is 4.98 Å². The second-order valence-electron chi connectivity index (χ2n) is 3.08. The molecule has 0 aliphatic rings. The van der Waals surface area contributed by atoms with Crippen molar-refractivity contribution in [3.63, 3.8) is 0 Å². The average Bonchev–Trinajstić information content (AvgIpc) is 2.71.